The number of allylic oxidation sites excluding steroid dienone is 12. The summed E-state index contributed by atoms with van der Waals surface area (Å²) in [6, 6.07) is -0.716. The summed E-state index contributed by atoms with van der Waals surface area (Å²) in [6.45, 7) is 6.34. The first-order valence-electron chi connectivity index (χ1n) is 25.7. The third-order valence-electron chi connectivity index (χ3n) is 11.3. The van der Waals surface area contributed by atoms with Crippen molar-refractivity contribution >= 4 is 11.9 Å². The Bertz CT molecular complexity index is 1140. The van der Waals surface area contributed by atoms with Gasteiger partial charge in [0.15, 0.2) is 0 Å². The zero-order valence-electron chi connectivity index (χ0n) is 40.0. The first-order chi connectivity index (χ1) is 30.0. The van der Waals surface area contributed by atoms with Crippen LogP contribution in [0.1, 0.15) is 239 Å². The van der Waals surface area contributed by atoms with Crippen molar-refractivity contribution in [3.63, 3.8) is 0 Å². The maximum Gasteiger partial charge on any atom is 0.306 e. The second-order valence-corrected chi connectivity index (χ2v) is 17.2. The third-order valence-corrected chi connectivity index (χ3v) is 11.3. The topological polar surface area (TPSA) is 95.9 Å². The minimum Gasteiger partial charge on any atom is -0.462 e. The van der Waals surface area contributed by atoms with Crippen LogP contribution in [0.3, 0.4) is 0 Å². The number of hydrogen-bond acceptors (Lipinski definition) is 5. The molecular formula is C55H97NO5. The van der Waals surface area contributed by atoms with Gasteiger partial charge in [-0.05, 0) is 64.2 Å². The van der Waals surface area contributed by atoms with E-state index in [0.29, 0.717) is 19.3 Å². The average Bonchev–Trinajstić information content (AvgIpc) is 3.25. The van der Waals surface area contributed by atoms with Crippen molar-refractivity contribution in [2.24, 2.45) is 0 Å². The molecule has 0 aromatic carbocycles. The summed E-state index contributed by atoms with van der Waals surface area (Å²) in [5, 5.41) is 23.7. The Labute approximate surface area is 377 Å². The molecule has 0 aromatic rings. The summed E-state index contributed by atoms with van der Waals surface area (Å²) in [6.07, 6.45) is 61.1. The van der Waals surface area contributed by atoms with E-state index in [0.717, 1.165) is 77.0 Å². The van der Waals surface area contributed by atoms with Crippen molar-refractivity contribution in [3.05, 3.63) is 72.9 Å². The van der Waals surface area contributed by atoms with Gasteiger partial charge in [-0.1, -0.05) is 235 Å². The van der Waals surface area contributed by atoms with Crippen LogP contribution in [0.15, 0.2) is 72.9 Å². The van der Waals surface area contributed by atoms with Crippen LogP contribution in [-0.2, 0) is 14.3 Å². The van der Waals surface area contributed by atoms with Crippen molar-refractivity contribution in [3.8, 4) is 0 Å². The Kier molecular flexibility index (Phi) is 46.2. The van der Waals surface area contributed by atoms with E-state index >= 15 is 0 Å². The number of hydrogen-bond donors (Lipinski definition) is 3. The second kappa shape index (κ2) is 48.3. The molecule has 61 heavy (non-hydrogen) atoms. The van der Waals surface area contributed by atoms with Gasteiger partial charge in [-0.2, -0.15) is 0 Å². The van der Waals surface area contributed by atoms with Gasteiger partial charge in [-0.15, -0.1) is 0 Å². The van der Waals surface area contributed by atoms with Crippen molar-refractivity contribution in [1.29, 1.82) is 0 Å². The van der Waals surface area contributed by atoms with Crippen LogP contribution in [0, 0.1) is 0 Å². The first kappa shape index (κ1) is 58.3. The Morgan fingerprint density at radius 2 is 0.852 bits per heavy atom. The van der Waals surface area contributed by atoms with Gasteiger partial charge in [-0.3, -0.25) is 9.59 Å². The van der Waals surface area contributed by atoms with E-state index in [1.54, 1.807) is 0 Å². The zero-order valence-corrected chi connectivity index (χ0v) is 40.0. The molecular weight excluding hydrogens is 755 g/mol. The highest BCUT2D eigenvalue weighted by molar-refractivity contribution is 5.77. The van der Waals surface area contributed by atoms with Crippen molar-refractivity contribution in [1.82, 2.24) is 5.32 Å². The van der Waals surface area contributed by atoms with Crippen molar-refractivity contribution in [2.45, 2.75) is 257 Å². The summed E-state index contributed by atoms with van der Waals surface area (Å²) in [5.41, 5.74) is 0. The summed E-state index contributed by atoms with van der Waals surface area (Å²) < 4.78 is 5.89. The average molecular weight is 852 g/mol. The highest BCUT2D eigenvalue weighted by Gasteiger charge is 2.24. The number of unbranched alkanes of at least 4 members (excludes halogenated alkanes) is 21. The summed E-state index contributed by atoms with van der Waals surface area (Å²) in [4.78, 5) is 26.1. The lowest BCUT2D eigenvalue weighted by molar-refractivity contribution is -0.150. The molecule has 352 valence electrons. The Balaban J connectivity index is 4.68. The molecule has 0 spiro atoms. The van der Waals surface area contributed by atoms with Gasteiger partial charge in [-0.25, -0.2) is 0 Å². The fraction of sp³-hybridized carbons (Fsp3) is 0.745. The molecule has 0 saturated heterocycles. The number of amides is 1. The largest absolute Gasteiger partial charge is 0.462 e. The molecule has 6 heteroatoms. The maximum absolute atomic E-state index is 13.2. The van der Waals surface area contributed by atoms with E-state index in [2.05, 4.69) is 92.9 Å². The smallest absolute Gasteiger partial charge is 0.306 e. The van der Waals surface area contributed by atoms with Gasteiger partial charge in [0.2, 0.25) is 5.91 Å². The zero-order chi connectivity index (χ0) is 44.5. The number of ether oxygens (including phenoxy) is 1. The van der Waals surface area contributed by atoms with Crippen LogP contribution < -0.4 is 5.32 Å². The van der Waals surface area contributed by atoms with Gasteiger partial charge in [0.1, 0.15) is 6.10 Å². The normalized spacial score (nSPS) is 13.9. The van der Waals surface area contributed by atoms with E-state index in [4.69, 9.17) is 4.74 Å². The molecule has 0 saturated carbocycles. The number of esters is 1. The van der Waals surface area contributed by atoms with Crippen LogP contribution in [0.5, 0.6) is 0 Å². The van der Waals surface area contributed by atoms with Gasteiger partial charge in [0, 0.05) is 6.42 Å². The number of rotatable bonds is 45. The Morgan fingerprint density at radius 1 is 0.492 bits per heavy atom. The molecule has 0 fully saturated rings. The third kappa shape index (κ3) is 43.7. The first-order valence-corrected chi connectivity index (χ1v) is 25.7. The molecule has 0 bridgehead atoms. The SMILES string of the molecule is CC/C=C\C/C=C\C/C=C\C/C=C\C/C=C\C/C=C\CCC(=O)OC(CCCCCCCCCCCCCCC)CC(=O)NC(CO)C(O)CCCCCCCCCCCC. The lowest BCUT2D eigenvalue weighted by Crippen LogP contribution is -2.46. The summed E-state index contributed by atoms with van der Waals surface area (Å²) in [7, 11) is 0. The van der Waals surface area contributed by atoms with Gasteiger partial charge < -0.3 is 20.3 Å². The van der Waals surface area contributed by atoms with Crippen molar-refractivity contribution in [2.75, 3.05) is 6.61 Å². The maximum atomic E-state index is 13.2. The molecule has 0 aliphatic carbocycles. The van der Waals surface area contributed by atoms with Crippen LogP contribution >= 0.6 is 0 Å². The minimum absolute atomic E-state index is 0.0470. The fourth-order valence-corrected chi connectivity index (χ4v) is 7.46. The molecule has 6 nitrogen and oxygen atoms in total. The van der Waals surface area contributed by atoms with Gasteiger partial charge in [0.25, 0.3) is 0 Å². The van der Waals surface area contributed by atoms with E-state index in [9.17, 15) is 19.8 Å². The fourth-order valence-electron chi connectivity index (χ4n) is 7.46. The standard InChI is InChI=1S/C55H97NO5/c1-4-7-10-13-16-19-22-24-25-26-27-28-29-31-33-36-39-42-45-48-55(60)61-51(46-43-40-37-34-32-30-23-20-17-14-11-8-5-2)49-54(59)56-52(50-57)53(58)47-44-41-38-35-21-18-15-12-9-6-3/h7,10,16,19,24-25,27-28,31,33,39,42,51-53,57-58H,4-6,8-9,11-15,17-18,20-23,26,29-30,32,34-38,40-41,43-50H2,1-3H3,(H,56,59)/b10-7-,19-16-,25-24-,28-27-,33-31-,42-39-. The minimum atomic E-state index is -0.800. The Morgan fingerprint density at radius 3 is 1.25 bits per heavy atom. The monoisotopic (exact) mass is 852 g/mol. The summed E-state index contributed by atoms with van der Waals surface area (Å²) in [5.74, 6) is -0.572. The molecule has 0 aliphatic rings. The summed E-state index contributed by atoms with van der Waals surface area (Å²) >= 11 is 0. The van der Waals surface area contributed by atoms with Crippen LogP contribution in [0.4, 0.5) is 0 Å². The van der Waals surface area contributed by atoms with Crippen LogP contribution in [0.2, 0.25) is 0 Å². The van der Waals surface area contributed by atoms with Gasteiger partial charge in [0.05, 0.1) is 25.2 Å². The molecule has 1 amide bonds. The van der Waals surface area contributed by atoms with E-state index in [-0.39, 0.29) is 31.3 Å². The number of aliphatic hydroxyl groups excluding tert-OH is 2. The van der Waals surface area contributed by atoms with Crippen LogP contribution in [0.25, 0.3) is 0 Å². The molecule has 3 atom stereocenters. The highest BCUT2D eigenvalue weighted by Crippen LogP contribution is 2.17. The van der Waals surface area contributed by atoms with Gasteiger partial charge >= 0.3 is 5.97 Å². The number of aliphatic hydroxyl groups is 2. The predicted octanol–water partition coefficient (Wildman–Crippen LogP) is 15.4. The van der Waals surface area contributed by atoms with E-state index < -0.39 is 18.2 Å². The lowest BCUT2D eigenvalue weighted by Gasteiger charge is -2.24. The molecule has 0 aromatic heterocycles. The lowest BCUT2D eigenvalue weighted by atomic mass is 10.0. The molecule has 3 N–H and O–H groups in total. The highest BCUT2D eigenvalue weighted by atomic mass is 16.5. The number of carbonyl (C=O) groups is 2. The molecule has 0 aliphatic heterocycles. The number of carbonyl (C=O) groups excluding carboxylic acids is 2. The second-order valence-electron chi connectivity index (χ2n) is 17.2. The molecule has 0 heterocycles. The van der Waals surface area contributed by atoms with Crippen LogP contribution in [-0.4, -0.2) is 46.9 Å². The molecule has 0 radical (unpaired) electrons. The number of nitrogens with one attached hydrogen (secondary N) is 1. The molecule has 3 unspecified atom stereocenters. The Hall–Kier alpha value is -2.70. The predicted molar refractivity (Wildman–Crippen MR) is 264 cm³/mol. The molecule has 0 rings (SSSR count). The van der Waals surface area contributed by atoms with Crippen molar-refractivity contribution < 1.29 is 24.5 Å². The van der Waals surface area contributed by atoms with E-state index in [1.807, 2.05) is 6.08 Å². The van der Waals surface area contributed by atoms with E-state index in [1.165, 1.54) is 109 Å². The quantitative estimate of drug-likeness (QED) is 0.0322.